The summed E-state index contributed by atoms with van der Waals surface area (Å²) in [5.74, 6) is 1.36. The highest BCUT2D eigenvalue weighted by molar-refractivity contribution is 5.82. The molecule has 0 bridgehead atoms. The van der Waals surface area contributed by atoms with Crippen LogP contribution in [-0.2, 0) is 9.59 Å². The van der Waals surface area contributed by atoms with Crippen molar-refractivity contribution in [1.82, 2.24) is 14.8 Å². The molecule has 1 atom stereocenters. The standard InChI is InChI=1S/C19H25N3O2/c1-21-17(23)13-16(15-4-8-20-9-5-15)19(21)6-10-22(11-7-19)18(24)12-14-2-3-14/h4-5,8-9,14,16H,2-3,6-7,10-13H2,1H3. The van der Waals surface area contributed by atoms with Gasteiger partial charge in [-0.15, -0.1) is 0 Å². The molecule has 3 heterocycles. The molecule has 1 aromatic heterocycles. The maximum Gasteiger partial charge on any atom is 0.223 e. The summed E-state index contributed by atoms with van der Waals surface area (Å²) in [6, 6.07) is 4.06. The zero-order valence-electron chi connectivity index (χ0n) is 14.3. The third kappa shape index (κ3) is 2.60. The number of carbonyl (C=O) groups is 2. The minimum atomic E-state index is -0.144. The third-order valence-corrected chi connectivity index (χ3v) is 6.32. The fraction of sp³-hybridized carbons (Fsp3) is 0.632. The molecule has 5 nitrogen and oxygen atoms in total. The van der Waals surface area contributed by atoms with Crippen LogP contribution < -0.4 is 0 Å². The fourth-order valence-electron chi connectivity index (χ4n) is 4.53. The molecule has 3 fully saturated rings. The van der Waals surface area contributed by atoms with Crippen molar-refractivity contribution in [1.29, 1.82) is 0 Å². The number of pyridine rings is 1. The van der Waals surface area contributed by atoms with Crippen molar-refractivity contribution in [3.63, 3.8) is 0 Å². The van der Waals surface area contributed by atoms with Gasteiger partial charge in [0, 0.05) is 51.3 Å². The molecule has 0 radical (unpaired) electrons. The van der Waals surface area contributed by atoms with Crippen LogP contribution in [0.2, 0.25) is 0 Å². The number of rotatable bonds is 3. The van der Waals surface area contributed by atoms with Gasteiger partial charge in [0.25, 0.3) is 0 Å². The van der Waals surface area contributed by atoms with E-state index in [-0.39, 0.29) is 17.4 Å². The minimum Gasteiger partial charge on any atom is -0.343 e. The molecule has 1 aromatic rings. The van der Waals surface area contributed by atoms with Crippen molar-refractivity contribution >= 4 is 11.8 Å². The van der Waals surface area contributed by atoms with E-state index in [1.54, 1.807) is 12.4 Å². The number of piperidine rings is 1. The Morgan fingerprint density at radius 1 is 1.25 bits per heavy atom. The van der Waals surface area contributed by atoms with E-state index in [9.17, 15) is 9.59 Å². The molecule has 128 valence electrons. The summed E-state index contributed by atoms with van der Waals surface area (Å²) >= 11 is 0. The lowest BCUT2D eigenvalue weighted by atomic mass is 9.74. The molecule has 2 amide bonds. The maximum absolute atomic E-state index is 12.4. The lowest BCUT2D eigenvalue weighted by Crippen LogP contribution is -2.55. The van der Waals surface area contributed by atoms with Gasteiger partial charge >= 0.3 is 0 Å². The van der Waals surface area contributed by atoms with E-state index in [4.69, 9.17) is 0 Å². The van der Waals surface area contributed by atoms with Gasteiger partial charge in [0.2, 0.25) is 11.8 Å². The average Bonchev–Trinajstić information content (AvgIpc) is 3.39. The first-order valence-corrected chi connectivity index (χ1v) is 9.04. The highest BCUT2D eigenvalue weighted by atomic mass is 16.2. The zero-order chi connectivity index (χ0) is 16.7. The van der Waals surface area contributed by atoms with Crippen LogP contribution in [0, 0.1) is 5.92 Å². The summed E-state index contributed by atoms with van der Waals surface area (Å²) in [5.41, 5.74) is 1.05. The van der Waals surface area contributed by atoms with Gasteiger partial charge in [-0.2, -0.15) is 0 Å². The predicted octanol–water partition coefficient (Wildman–Crippen LogP) is 2.19. The van der Waals surface area contributed by atoms with E-state index in [1.165, 1.54) is 18.4 Å². The zero-order valence-corrected chi connectivity index (χ0v) is 14.3. The van der Waals surface area contributed by atoms with Crippen LogP contribution in [-0.4, -0.2) is 52.3 Å². The first-order chi connectivity index (χ1) is 11.6. The van der Waals surface area contributed by atoms with Gasteiger partial charge < -0.3 is 9.80 Å². The highest BCUT2D eigenvalue weighted by Crippen LogP contribution is 2.48. The largest absolute Gasteiger partial charge is 0.343 e. The normalized spacial score (nSPS) is 26.2. The maximum atomic E-state index is 12.4. The quantitative estimate of drug-likeness (QED) is 0.855. The molecule has 5 heteroatoms. The molecule has 1 spiro atoms. The lowest BCUT2D eigenvalue weighted by Gasteiger charge is -2.47. The van der Waals surface area contributed by atoms with Gasteiger partial charge in [-0.3, -0.25) is 14.6 Å². The van der Waals surface area contributed by atoms with E-state index in [0.717, 1.165) is 32.4 Å². The molecule has 2 aliphatic heterocycles. The summed E-state index contributed by atoms with van der Waals surface area (Å²) in [6.45, 7) is 1.54. The van der Waals surface area contributed by atoms with Crippen LogP contribution in [0.3, 0.4) is 0 Å². The Bertz CT molecular complexity index is 633. The molecule has 1 unspecified atom stereocenters. The minimum absolute atomic E-state index is 0.144. The van der Waals surface area contributed by atoms with Crippen molar-refractivity contribution in [2.24, 2.45) is 5.92 Å². The van der Waals surface area contributed by atoms with Crippen molar-refractivity contribution in [3.05, 3.63) is 30.1 Å². The van der Waals surface area contributed by atoms with E-state index in [0.29, 0.717) is 18.2 Å². The Labute approximate surface area is 143 Å². The molecular weight excluding hydrogens is 302 g/mol. The summed E-state index contributed by atoms with van der Waals surface area (Å²) in [5, 5.41) is 0. The summed E-state index contributed by atoms with van der Waals surface area (Å²) in [7, 11) is 1.94. The second-order valence-corrected chi connectivity index (χ2v) is 7.62. The van der Waals surface area contributed by atoms with Crippen LogP contribution in [0.4, 0.5) is 0 Å². The molecule has 1 saturated carbocycles. The second kappa shape index (κ2) is 5.87. The first kappa shape index (κ1) is 15.6. The number of hydrogen-bond acceptors (Lipinski definition) is 3. The first-order valence-electron chi connectivity index (χ1n) is 9.04. The topological polar surface area (TPSA) is 53.5 Å². The Balaban J connectivity index is 1.52. The monoisotopic (exact) mass is 327 g/mol. The van der Waals surface area contributed by atoms with Crippen LogP contribution in [0.5, 0.6) is 0 Å². The van der Waals surface area contributed by atoms with E-state index in [1.807, 2.05) is 29.0 Å². The summed E-state index contributed by atoms with van der Waals surface area (Å²) in [6.07, 6.45) is 9.07. The Morgan fingerprint density at radius 2 is 1.92 bits per heavy atom. The van der Waals surface area contributed by atoms with Crippen LogP contribution >= 0.6 is 0 Å². The summed E-state index contributed by atoms with van der Waals surface area (Å²) in [4.78, 5) is 32.9. The molecule has 0 N–H and O–H groups in total. The van der Waals surface area contributed by atoms with Gasteiger partial charge in [-0.05, 0) is 49.3 Å². The van der Waals surface area contributed by atoms with Crippen LogP contribution in [0.1, 0.15) is 50.0 Å². The second-order valence-electron chi connectivity index (χ2n) is 7.62. The highest BCUT2D eigenvalue weighted by Gasteiger charge is 2.53. The number of nitrogens with zero attached hydrogens (tertiary/aromatic N) is 3. The number of carbonyl (C=O) groups excluding carboxylic acids is 2. The Morgan fingerprint density at radius 3 is 2.54 bits per heavy atom. The fourth-order valence-corrected chi connectivity index (χ4v) is 4.53. The van der Waals surface area contributed by atoms with Gasteiger partial charge in [0.1, 0.15) is 0 Å². The molecule has 2 saturated heterocycles. The number of amides is 2. The van der Waals surface area contributed by atoms with Gasteiger partial charge in [0.15, 0.2) is 0 Å². The third-order valence-electron chi connectivity index (χ3n) is 6.32. The number of hydrogen-bond donors (Lipinski definition) is 0. The van der Waals surface area contributed by atoms with Crippen molar-refractivity contribution in [3.8, 4) is 0 Å². The number of likely N-dealkylation sites (N-methyl/N-ethyl adjacent to an activating group) is 1. The SMILES string of the molecule is CN1C(=O)CC(c2ccncc2)C12CCN(C(=O)CC1CC1)CC2. The van der Waals surface area contributed by atoms with E-state index < -0.39 is 0 Å². The average molecular weight is 327 g/mol. The Kier molecular flexibility index (Phi) is 3.82. The molecule has 24 heavy (non-hydrogen) atoms. The van der Waals surface area contributed by atoms with Gasteiger partial charge in [-0.1, -0.05) is 0 Å². The van der Waals surface area contributed by atoms with Gasteiger partial charge in [-0.25, -0.2) is 0 Å². The van der Waals surface area contributed by atoms with Crippen molar-refractivity contribution in [2.45, 2.75) is 50.0 Å². The number of likely N-dealkylation sites (tertiary alicyclic amines) is 2. The van der Waals surface area contributed by atoms with E-state index >= 15 is 0 Å². The van der Waals surface area contributed by atoms with Crippen LogP contribution in [0.25, 0.3) is 0 Å². The van der Waals surface area contributed by atoms with Crippen molar-refractivity contribution < 1.29 is 9.59 Å². The predicted molar refractivity (Wildman–Crippen MR) is 90.3 cm³/mol. The molecular formula is C19H25N3O2. The molecule has 4 rings (SSSR count). The van der Waals surface area contributed by atoms with Gasteiger partial charge in [0.05, 0.1) is 5.54 Å². The number of aromatic nitrogens is 1. The smallest absolute Gasteiger partial charge is 0.223 e. The molecule has 1 aliphatic carbocycles. The Hall–Kier alpha value is -1.91. The van der Waals surface area contributed by atoms with Crippen molar-refractivity contribution in [2.75, 3.05) is 20.1 Å². The lowest BCUT2D eigenvalue weighted by molar-refractivity contribution is -0.136. The molecule has 3 aliphatic rings. The van der Waals surface area contributed by atoms with E-state index in [2.05, 4.69) is 4.98 Å². The molecule has 0 aromatic carbocycles. The summed E-state index contributed by atoms with van der Waals surface area (Å²) < 4.78 is 0. The van der Waals surface area contributed by atoms with Crippen LogP contribution in [0.15, 0.2) is 24.5 Å².